The van der Waals surface area contributed by atoms with Crippen LogP contribution in [0.2, 0.25) is 0 Å². The van der Waals surface area contributed by atoms with Gasteiger partial charge in [-0.2, -0.15) is 0 Å². The van der Waals surface area contributed by atoms with Gasteiger partial charge in [0.1, 0.15) is 12.4 Å². The Kier molecular flexibility index (Phi) is 9.79. The van der Waals surface area contributed by atoms with Crippen LogP contribution in [0.1, 0.15) is 50.4 Å². The first-order chi connectivity index (χ1) is 22.7. The number of fused-ring (bicyclic) bond motifs is 3. The Morgan fingerprint density at radius 3 is 2.34 bits per heavy atom. The number of hydrogen-bond acceptors (Lipinski definition) is 6. The van der Waals surface area contributed by atoms with Gasteiger partial charge in [-0.05, 0) is 71.1 Å². The number of aryl methyl sites for hydroxylation is 2. The Balaban J connectivity index is 1.23. The van der Waals surface area contributed by atoms with E-state index in [1.165, 1.54) is 14.8 Å². The van der Waals surface area contributed by atoms with Crippen molar-refractivity contribution in [2.24, 2.45) is 0 Å². The Morgan fingerprint density at radius 2 is 1.60 bits per heavy atom. The minimum Gasteiger partial charge on any atom is -0.488 e. The number of Topliss-reactive ketones (excluding diaryl/α,β-unsaturated/α-hetero) is 1. The summed E-state index contributed by atoms with van der Waals surface area (Å²) in [4.78, 5) is 28.9. The lowest BCUT2D eigenvalue weighted by molar-refractivity contribution is 0.0686. The zero-order valence-corrected chi connectivity index (χ0v) is 28.4. The number of para-hydroxylation sites is 1. The molecule has 0 aliphatic heterocycles. The van der Waals surface area contributed by atoms with Crippen LogP contribution in [0.4, 0.5) is 5.69 Å². The van der Waals surface area contributed by atoms with Crippen molar-refractivity contribution in [2.75, 3.05) is 30.3 Å². The van der Waals surface area contributed by atoms with E-state index in [0.717, 1.165) is 48.6 Å². The third-order valence-corrected chi connectivity index (χ3v) is 10.1. The molecule has 10 heteroatoms. The average Bonchev–Trinajstić information content (AvgIpc) is 3.47. The van der Waals surface area contributed by atoms with E-state index in [-0.39, 0.29) is 43.5 Å². The van der Waals surface area contributed by atoms with Crippen molar-refractivity contribution in [1.82, 2.24) is 4.90 Å². The van der Waals surface area contributed by atoms with Crippen LogP contribution in [0.25, 0.3) is 11.0 Å². The molecule has 0 bridgehead atoms. The number of sulfonamides is 1. The molecule has 0 N–H and O–H groups in total. The average molecular weight is 716 g/mol. The van der Waals surface area contributed by atoms with Crippen LogP contribution < -0.4 is 9.04 Å². The summed E-state index contributed by atoms with van der Waals surface area (Å²) in [5, 5.41) is 1.06. The fourth-order valence-electron chi connectivity index (χ4n) is 5.92. The van der Waals surface area contributed by atoms with Gasteiger partial charge in [-0.25, -0.2) is 8.42 Å². The van der Waals surface area contributed by atoms with Gasteiger partial charge in [0.25, 0.3) is 5.91 Å². The molecule has 0 saturated carbocycles. The first kappa shape index (κ1) is 32.5. The maximum absolute atomic E-state index is 13.8. The number of ether oxygens (including phenoxy) is 1. The molecule has 4 aromatic carbocycles. The summed E-state index contributed by atoms with van der Waals surface area (Å²) in [6, 6.07) is 28.7. The van der Waals surface area contributed by atoms with Crippen LogP contribution in [0.5, 0.6) is 5.75 Å². The summed E-state index contributed by atoms with van der Waals surface area (Å²) in [6.07, 6.45) is 5.27. The maximum atomic E-state index is 13.8. The molecule has 47 heavy (non-hydrogen) atoms. The number of ketones is 1. The quantitative estimate of drug-likeness (QED) is 0.125. The van der Waals surface area contributed by atoms with Gasteiger partial charge >= 0.3 is 0 Å². The van der Waals surface area contributed by atoms with E-state index in [0.29, 0.717) is 27.1 Å². The monoisotopic (exact) mass is 714 g/mol. The lowest BCUT2D eigenvalue weighted by atomic mass is 9.96. The lowest BCUT2D eigenvalue weighted by Crippen LogP contribution is -2.38. The second-order valence-electron chi connectivity index (χ2n) is 11.6. The van der Waals surface area contributed by atoms with Gasteiger partial charge in [-0.15, -0.1) is 0 Å². The fourth-order valence-corrected chi connectivity index (χ4v) is 7.39. The number of hydrogen-bond donors (Lipinski definition) is 0. The van der Waals surface area contributed by atoms with Crippen molar-refractivity contribution in [1.29, 1.82) is 0 Å². The molecule has 6 rings (SSSR count). The van der Waals surface area contributed by atoms with Gasteiger partial charge in [0, 0.05) is 33.0 Å². The van der Waals surface area contributed by atoms with Crippen LogP contribution in [0.3, 0.4) is 0 Å². The Bertz CT molecular complexity index is 2010. The minimum atomic E-state index is -3.71. The number of halogens is 1. The summed E-state index contributed by atoms with van der Waals surface area (Å²) in [5.41, 5.74) is 3.82. The predicted octanol–water partition coefficient (Wildman–Crippen LogP) is 7.44. The van der Waals surface area contributed by atoms with Crippen LogP contribution >= 0.6 is 15.9 Å². The molecular formula is C37H35BrN2O6S. The van der Waals surface area contributed by atoms with E-state index in [2.05, 4.69) is 22.0 Å². The molecule has 1 aromatic heterocycles. The van der Waals surface area contributed by atoms with Crippen LogP contribution in [0.15, 0.2) is 106 Å². The molecule has 5 aromatic rings. The van der Waals surface area contributed by atoms with Gasteiger partial charge in [0.15, 0.2) is 17.1 Å². The Hall–Kier alpha value is -4.41. The van der Waals surface area contributed by atoms with Crippen molar-refractivity contribution < 1.29 is 27.2 Å². The standard InChI is InChI=1S/C37H35BrN2O6S/c1-47(43,44)40(24-26-11-4-2-5-12-26)32-23-28(19-20-31(32)38)33(41)25-39(37(42)27-13-6-3-7-14-27)21-22-45-35-18-10-16-30-29-15-8-9-17-34(29)46-36(30)35/h2-7,10-14,16,18-20,23H,8-9,15,17,21-22,24-25H2,1H3. The fraction of sp³-hybridized carbons (Fsp3) is 0.243. The molecule has 1 heterocycles. The summed E-state index contributed by atoms with van der Waals surface area (Å²) in [7, 11) is -3.71. The molecule has 0 radical (unpaired) electrons. The third kappa shape index (κ3) is 7.44. The minimum absolute atomic E-state index is 0.0945. The lowest BCUT2D eigenvalue weighted by Gasteiger charge is -2.25. The van der Waals surface area contributed by atoms with Crippen LogP contribution in [-0.2, 0) is 29.4 Å². The topological polar surface area (TPSA) is 97.1 Å². The number of carbonyl (C=O) groups excluding carboxylic acids is 2. The number of anilines is 1. The molecule has 0 fully saturated rings. The molecule has 0 unspecified atom stereocenters. The number of benzene rings is 4. The van der Waals surface area contributed by atoms with Gasteiger partial charge in [0.05, 0.1) is 31.6 Å². The molecule has 1 aliphatic rings. The first-order valence-electron chi connectivity index (χ1n) is 15.5. The number of carbonyl (C=O) groups is 2. The molecule has 1 amide bonds. The first-order valence-corrected chi connectivity index (χ1v) is 18.2. The molecule has 8 nitrogen and oxygen atoms in total. The molecule has 242 valence electrons. The van der Waals surface area contributed by atoms with Crippen molar-refractivity contribution in [3.05, 3.63) is 130 Å². The van der Waals surface area contributed by atoms with E-state index in [1.807, 2.05) is 48.5 Å². The highest BCUT2D eigenvalue weighted by Gasteiger charge is 2.25. The van der Waals surface area contributed by atoms with Gasteiger partial charge in [-0.1, -0.05) is 66.7 Å². The SMILES string of the molecule is CS(=O)(=O)N(Cc1ccccc1)c1cc(C(=O)CN(CCOc2cccc3c4c(oc23)CCCC4)C(=O)c2ccccc2)ccc1Br. The van der Waals surface area contributed by atoms with Gasteiger partial charge in [0.2, 0.25) is 10.0 Å². The largest absolute Gasteiger partial charge is 0.488 e. The molecule has 0 spiro atoms. The normalized spacial score (nSPS) is 12.8. The zero-order valence-electron chi connectivity index (χ0n) is 26.0. The smallest absolute Gasteiger partial charge is 0.254 e. The predicted molar refractivity (Wildman–Crippen MR) is 187 cm³/mol. The highest BCUT2D eigenvalue weighted by molar-refractivity contribution is 9.10. The second-order valence-corrected chi connectivity index (χ2v) is 14.4. The van der Waals surface area contributed by atoms with Crippen LogP contribution in [0, 0.1) is 0 Å². The summed E-state index contributed by atoms with van der Waals surface area (Å²) in [5.74, 6) is 0.971. The Labute approximate surface area is 283 Å². The van der Waals surface area contributed by atoms with Gasteiger partial charge < -0.3 is 14.1 Å². The number of nitrogens with zero attached hydrogens (tertiary/aromatic N) is 2. The maximum Gasteiger partial charge on any atom is 0.254 e. The molecule has 0 saturated heterocycles. The summed E-state index contributed by atoms with van der Waals surface area (Å²) in [6.45, 7) is 0.149. The zero-order chi connectivity index (χ0) is 33.0. The Morgan fingerprint density at radius 1 is 0.872 bits per heavy atom. The number of furan rings is 1. The van der Waals surface area contributed by atoms with Crippen molar-refractivity contribution in [2.45, 2.75) is 32.2 Å². The van der Waals surface area contributed by atoms with Gasteiger partial charge in [-0.3, -0.25) is 13.9 Å². The summed E-state index contributed by atoms with van der Waals surface area (Å²) < 4.78 is 40.0. The van der Waals surface area contributed by atoms with E-state index in [9.17, 15) is 18.0 Å². The highest BCUT2D eigenvalue weighted by atomic mass is 79.9. The van der Waals surface area contributed by atoms with E-state index < -0.39 is 10.0 Å². The third-order valence-electron chi connectivity index (χ3n) is 8.31. The molecular weight excluding hydrogens is 680 g/mol. The number of amides is 1. The summed E-state index contributed by atoms with van der Waals surface area (Å²) >= 11 is 3.48. The van der Waals surface area contributed by atoms with E-state index in [1.54, 1.807) is 42.5 Å². The molecule has 1 aliphatic carbocycles. The van der Waals surface area contributed by atoms with Crippen molar-refractivity contribution in [3.63, 3.8) is 0 Å². The van der Waals surface area contributed by atoms with E-state index in [4.69, 9.17) is 9.15 Å². The number of rotatable bonds is 12. The van der Waals surface area contributed by atoms with Crippen molar-refractivity contribution >= 4 is 54.3 Å². The molecule has 0 atom stereocenters. The van der Waals surface area contributed by atoms with Crippen LogP contribution in [-0.4, -0.2) is 51.0 Å². The van der Waals surface area contributed by atoms with E-state index >= 15 is 0 Å². The van der Waals surface area contributed by atoms with Crippen molar-refractivity contribution in [3.8, 4) is 5.75 Å². The second kappa shape index (κ2) is 14.1. The highest BCUT2D eigenvalue weighted by Crippen LogP contribution is 2.36.